The number of fused-ring (bicyclic) bond motifs is 2. The monoisotopic (exact) mass is 552 g/mol. The molecule has 1 N–H and O–H groups in total. The summed E-state index contributed by atoms with van der Waals surface area (Å²) in [6, 6.07) is 21.2. The number of benzene rings is 2. The Labute approximate surface area is 237 Å². The molecule has 0 aliphatic heterocycles. The van der Waals surface area contributed by atoms with Gasteiger partial charge in [0, 0.05) is 22.4 Å². The fourth-order valence-corrected chi connectivity index (χ4v) is 7.57. The van der Waals surface area contributed by atoms with Gasteiger partial charge in [-0.1, -0.05) is 55.7 Å². The van der Waals surface area contributed by atoms with E-state index < -0.39 is 5.97 Å². The molecule has 198 valence electrons. The summed E-state index contributed by atoms with van der Waals surface area (Å²) in [4.78, 5) is 18.6. The first-order valence-corrected chi connectivity index (χ1v) is 15.6. The smallest absolute Gasteiger partial charge is 0.345 e. The van der Waals surface area contributed by atoms with E-state index >= 15 is 0 Å². The summed E-state index contributed by atoms with van der Waals surface area (Å²) in [6.45, 7) is 6.91. The van der Waals surface area contributed by atoms with E-state index in [1.165, 1.54) is 46.8 Å². The highest BCUT2D eigenvalue weighted by Crippen LogP contribution is 2.47. The van der Waals surface area contributed by atoms with Crippen LogP contribution in [-0.4, -0.2) is 26.9 Å². The lowest BCUT2D eigenvalue weighted by Gasteiger charge is -2.24. The van der Waals surface area contributed by atoms with E-state index in [1.807, 2.05) is 13.0 Å². The molecule has 4 nitrogen and oxygen atoms in total. The summed E-state index contributed by atoms with van der Waals surface area (Å²) in [5.74, 6) is -0.423. The normalized spacial score (nSPS) is 14.3. The van der Waals surface area contributed by atoms with E-state index in [0.29, 0.717) is 17.3 Å². The topological polar surface area (TPSA) is 55.1 Å². The molecule has 6 rings (SSSR count). The third-order valence-corrected chi connectivity index (χ3v) is 9.62. The third kappa shape index (κ3) is 4.92. The van der Waals surface area contributed by atoms with Gasteiger partial charge >= 0.3 is 5.97 Å². The second kappa shape index (κ2) is 10.7. The van der Waals surface area contributed by atoms with Gasteiger partial charge in [0.15, 0.2) is 0 Å². The van der Waals surface area contributed by atoms with Crippen molar-refractivity contribution < 1.29 is 9.90 Å². The molecule has 0 atom stereocenters. The minimum Gasteiger partial charge on any atom is -0.477 e. The molecular formula is C33H32N2O2S2. The van der Waals surface area contributed by atoms with Crippen LogP contribution in [0.1, 0.15) is 60.2 Å². The van der Waals surface area contributed by atoms with E-state index in [2.05, 4.69) is 72.0 Å². The Kier molecular flexibility index (Phi) is 7.08. The van der Waals surface area contributed by atoms with Crippen LogP contribution in [0.2, 0.25) is 0 Å². The number of hydrogen-bond donors (Lipinski definition) is 1. The van der Waals surface area contributed by atoms with Crippen molar-refractivity contribution in [2.45, 2.75) is 56.4 Å². The average molecular weight is 553 g/mol. The van der Waals surface area contributed by atoms with E-state index in [0.717, 1.165) is 56.4 Å². The van der Waals surface area contributed by atoms with Gasteiger partial charge < -0.3 is 9.67 Å². The van der Waals surface area contributed by atoms with Crippen LogP contribution in [0.4, 0.5) is 0 Å². The van der Waals surface area contributed by atoms with Crippen molar-refractivity contribution in [3.63, 3.8) is 0 Å². The van der Waals surface area contributed by atoms with E-state index in [9.17, 15) is 9.90 Å². The fraction of sp³-hybridized carbons (Fsp3) is 0.273. The lowest BCUT2D eigenvalue weighted by molar-refractivity contribution is 0.0702. The first-order valence-electron chi connectivity index (χ1n) is 13.5. The Morgan fingerprint density at radius 3 is 2.64 bits per heavy atom. The lowest BCUT2D eigenvalue weighted by Crippen LogP contribution is -2.08. The Hall–Kier alpha value is -3.35. The molecule has 1 fully saturated rings. The van der Waals surface area contributed by atoms with Gasteiger partial charge in [0.1, 0.15) is 4.88 Å². The zero-order valence-electron chi connectivity index (χ0n) is 22.4. The van der Waals surface area contributed by atoms with Crippen molar-refractivity contribution in [1.82, 2.24) is 9.55 Å². The maximum absolute atomic E-state index is 11.9. The van der Waals surface area contributed by atoms with Crippen LogP contribution in [0.5, 0.6) is 0 Å². The number of rotatable bonds is 7. The molecule has 5 aromatic rings. The van der Waals surface area contributed by atoms with Crippen LogP contribution in [0.15, 0.2) is 77.7 Å². The highest BCUT2D eigenvalue weighted by atomic mass is 32.2. The van der Waals surface area contributed by atoms with Crippen LogP contribution in [0.25, 0.3) is 43.6 Å². The number of carboxylic acids is 1. The van der Waals surface area contributed by atoms with E-state index in [4.69, 9.17) is 4.98 Å². The molecule has 0 saturated heterocycles. The molecule has 0 spiro atoms. The summed E-state index contributed by atoms with van der Waals surface area (Å²) in [6.07, 6.45) is 8.09. The molecule has 1 aliphatic carbocycles. The maximum Gasteiger partial charge on any atom is 0.345 e. The average Bonchev–Trinajstić information content (AvgIpc) is 3.51. The number of nitrogens with zero attached hydrogens (tertiary/aromatic N) is 2. The van der Waals surface area contributed by atoms with Crippen LogP contribution >= 0.6 is 23.1 Å². The van der Waals surface area contributed by atoms with Crippen LogP contribution < -0.4 is 0 Å². The summed E-state index contributed by atoms with van der Waals surface area (Å²) >= 11 is 3.16. The van der Waals surface area contributed by atoms with Crippen molar-refractivity contribution in [3.05, 3.63) is 83.3 Å². The molecule has 0 bridgehead atoms. The van der Waals surface area contributed by atoms with Crippen molar-refractivity contribution in [3.8, 4) is 22.5 Å². The first-order chi connectivity index (χ1) is 18.9. The molecule has 2 aromatic carbocycles. The molecule has 0 radical (unpaired) electrons. The molecule has 3 heterocycles. The second-order valence-corrected chi connectivity index (χ2v) is 12.5. The van der Waals surface area contributed by atoms with Crippen molar-refractivity contribution in [2.24, 2.45) is 0 Å². The lowest BCUT2D eigenvalue weighted by atomic mass is 9.83. The van der Waals surface area contributed by atoms with Gasteiger partial charge in [0.05, 0.1) is 27.1 Å². The Morgan fingerprint density at radius 1 is 1.08 bits per heavy atom. The number of aromatic carboxylic acids is 1. The number of aromatic nitrogens is 2. The highest BCUT2D eigenvalue weighted by Gasteiger charge is 2.29. The Morgan fingerprint density at radius 2 is 1.90 bits per heavy atom. The van der Waals surface area contributed by atoms with Crippen LogP contribution in [-0.2, 0) is 6.54 Å². The molecule has 1 aliphatic rings. The predicted molar refractivity (Wildman–Crippen MR) is 165 cm³/mol. The first kappa shape index (κ1) is 25.9. The number of hydrogen-bond acceptors (Lipinski definition) is 4. The van der Waals surface area contributed by atoms with Crippen molar-refractivity contribution in [2.75, 3.05) is 6.26 Å². The fourth-order valence-electron chi connectivity index (χ4n) is 5.99. The number of thioether (sulfide) groups is 1. The van der Waals surface area contributed by atoms with Gasteiger partial charge in [0.2, 0.25) is 0 Å². The molecule has 0 amide bonds. The van der Waals surface area contributed by atoms with Gasteiger partial charge in [-0.05, 0) is 79.5 Å². The van der Waals surface area contributed by atoms with E-state index in [-0.39, 0.29) is 0 Å². The molecule has 1 saturated carbocycles. The highest BCUT2D eigenvalue weighted by molar-refractivity contribution is 7.98. The maximum atomic E-state index is 11.9. The van der Waals surface area contributed by atoms with Gasteiger partial charge in [-0.25, -0.2) is 9.78 Å². The molecule has 6 heteroatoms. The standard InChI is InChI=1S/C33H32N2O2S2/c1-20(2)19-35-28-18-29(33(36)37)39-32(28)30(21-8-5-4-6-9-21)31(35)24-13-15-27-23(16-24)12-14-26(34-27)22-10-7-11-25(17-22)38-3/h7,10-18,21H,1,4-6,8-9,19H2,2-3H3,(H,36,37). The minimum atomic E-state index is -0.857. The number of carbonyl (C=O) groups is 1. The number of thiophene rings is 1. The van der Waals surface area contributed by atoms with Crippen molar-refractivity contribution >= 4 is 50.2 Å². The number of allylic oxidation sites excluding steroid dienone is 1. The van der Waals surface area contributed by atoms with Crippen molar-refractivity contribution in [1.29, 1.82) is 0 Å². The van der Waals surface area contributed by atoms with Crippen LogP contribution in [0, 0.1) is 0 Å². The summed E-state index contributed by atoms with van der Waals surface area (Å²) in [5.41, 5.74) is 8.81. The molecule has 3 aromatic heterocycles. The quantitative estimate of drug-likeness (QED) is 0.161. The second-order valence-electron chi connectivity index (χ2n) is 10.6. The van der Waals surface area contributed by atoms with Crippen LogP contribution in [0.3, 0.4) is 0 Å². The summed E-state index contributed by atoms with van der Waals surface area (Å²) in [5, 5.41) is 10.9. The SMILES string of the molecule is C=C(C)Cn1c(-c2ccc3nc(-c4cccc(SC)c4)ccc3c2)c(C2CCCCC2)c2sc(C(=O)O)cc21. The molecular weight excluding hydrogens is 521 g/mol. The van der Waals surface area contributed by atoms with Gasteiger partial charge in [-0.3, -0.25) is 0 Å². The number of pyridine rings is 1. The van der Waals surface area contributed by atoms with E-state index in [1.54, 1.807) is 11.8 Å². The third-order valence-electron chi connectivity index (χ3n) is 7.75. The Balaban J connectivity index is 1.52. The number of carboxylic acid groups (broad SMARTS) is 1. The molecule has 0 unspecified atom stereocenters. The minimum absolute atomic E-state index is 0.403. The Bertz CT molecular complexity index is 1720. The predicted octanol–water partition coefficient (Wildman–Crippen LogP) is 9.63. The molecule has 39 heavy (non-hydrogen) atoms. The summed E-state index contributed by atoms with van der Waals surface area (Å²) in [7, 11) is 0. The van der Waals surface area contributed by atoms with Gasteiger partial charge in [-0.2, -0.15) is 0 Å². The largest absolute Gasteiger partial charge is 0.477 e. The zero-order valence-corrected chi connectivity index (χ0v) is 24.0. The van der Waals surface area contributed by atoms with Gasteiger partial charge in [0.25, 0.3) is 0 Å². The zero-order chi connectivity index (χ0) is 27.1. The van der Waals surface area contributed by atoms with Gasteiger partial charge in [-0.15, -0.1) is 23.1 Å². The summed E-state index contributed by atoms with van der Waals surface area (Å²) < 4.78 is 3.43.